The van der Waals surface area contributed by atoms with Crippen LogP contribution in [0.15, 0.2) is 24.5 Å². The lowest BCUT2D eigenvalue weighted by Gasteiger charge is -2.16. The average molecular weight is 266 g/mol. The lowest BCUT2D eigenvalue weighted by molar-refractivity contribution is -0.144. The molecule has 1 rings (SSSR count). The van der Waals surface area contributed by atoms with Gasteiger partial charge in [-0.3, -0.25) is 19.6 Å². The molecule has 1 amide bonds. The van der Waals surface area contributed by atoms with Gasteiger partial charge in [0.15, 0.2) is 0 Å². The van der Waals surface area contributed by atoms with Crippen LogP contribution < -0.4 is 11.7 Å². The summed E-state index contributed by atoms with van der Waals surface area (Å²) in [6.45, 7) is 0.422. The average Bonchev–Trinajstić information content (AvgIpc) is 2.46. The highest BCUT2D eigenvalue weighted by molar-refractivity contribution is 5.93. The fraction of sp³-hybridized carbons (Fsp3) is 0.417. The first kappa shape index (κ1) is 15.1. The molecule has 0 bridgehead atoms. The number of hydrazine groups is 1. The number of nitrogens with zero attached hydrogens (tertiary/aromatic N) is 2. The van der Waals surface area contributed by atoms with Gasteiger partial charge in [0.2, 0.25) is 0 Å². The number of aromatic nitrogens is 1. The Balaban J connectivity index is 2.23. The van der Waals surface area contributed by atoms with E-state index < -0.39 is 5.97 Å². The van der Waals surface area contributed by atoms with Crippen LogP contribution >= 0.6 is 0 Å². The topological polar surface area (TPSA) is 112 Å². The van der Waals surface area contributed by atoms with Crippen molar-refractivity contribution in [1.82, 2.24) is 9.99 Å². The lowest BCUT2D eigenvalue weighted by Crippen LogP contribution is -2.38. The molecule has 0 aliphatic rings. The monoisotopic (exact) mass is 266 g/mol. The van der Waals surface area contributed by atoms with Crippen LogP contribution in [0.25, 0.3) is 0 Å². The van der Waals surface area contributed by atoms with Crippen LogP contribution in [-0.4, -0.2) is 28.4 Å². The first-order chi connectivity index (χ1) is 9.15. The van der Waals surface area contributed by atoms with Crippen LogP contribution in [0, 0.1) is 0 Å². The van der Waals surface area contributed by atoms with Gasteiger partial charge < -0.3 is 4.84 Å². The highest BCUT2D eigenvalue weighted by atomic mass is 16.7. The fourth-order valence-corrected chi connectivity index (χ4v) is 1.54. The molecule has 0 unspecified atom stereocenters. The van der Waals surface area contributed by atoms with E-state index >= 15 is 0 Å². The summed E-state index contributed by atoms with van der Waals surface area (Å²) in [6.07, 6.45) is 5.47. The van der Waals surface area contributed by atoms with Crippen LogP contribution in [0.4, 0.5) is 0 Å². The van der Waals surface area contributed by atoms with Crippen molar-refractivity contribution >= 4 is 11.9 Å². The molecular formula is C12H18N4O3. The smallest absolute Gasteiger partial charge is 0.324 e. The molecule has 0 spiro atoms. The van der Waals surface area contributed by atoms with E-state index in [9.17, 15) is 9.59 Å². The van der Waals surface area contributed by atoms with Crippen molar-refractivity contribution < 1.29 is 14.4 Å². The summed E-state index contributed by atoms with van der Waals surface area (Å²) in [6, 6.07) is 3.34. The standard InChI is InChI=1S/C12H18N4O3/c13-16(8-3-1-2-6-11(17)19-14)12(18)10-5-4-7-15-9-10/h4-5,7,9H,1-3,6,8,13-14H2. The molecule has 0 aliphatic carbocycles. The first-order valence-corrected chi connectivity index (χ1v) is 6.01. The summed E-state index contributed by atoms with van der Waals surface area (Å²) >= 11 is 0. The van der Waals surface area contributed by atoms with Gasteiger partial charge in [0.1, 0.15) is 0 Å². The Labute approximate surface area is 111 Å². The molecule has 7 heteroatoms. The van der Waals surface area contributed by atoms with Crippen molar-refractivity contribution in [3.63, 3.8) is 0 Å². The van der Waals surface area contributed by atoms with Gasteiger partial charge in [0, 0.05) is 25.4 Å². The van der Waals surface area contributed by atoms with E-state index in [1.807, 2.05) is 0 Å². The molecule has 7 nitrogen and oxygen atoms in total. The molecule has 104 valence electrons. The second kappa shape index (κ2) is 8.17. The van der Waals surface area contributed by atoms with Crippen molar-refractivity contribution in [1.29, 1.82) is 0 Å². The van der Waals surface area contributed by atoms with Crippen molar-refractivity contribution in [3.05, 3.63) is 30.1 Å². The van der Waals surface area contributed by atoms with Gasteiger partial charge in [0.25, 0.3) is 5.91 Å². The van der Waals surface area contributed by atoms with Gasteiger partial charge >= 0.3 is 5.97 Å². The molecule has 0 saturated heterocycles. The third-order valence-electron chi connectivity index (χ3n) is 2.58. The zero-order valence-electron chi connectivity index (χ0n) is 10.6. The number of rotatable bonds is 7. The molecule has 4 N–H and O–H groups in total. The van der Waals surface area contributed by atoms with Gasteiger partial charge in [-0.2, -0.15) is 5.90 Å². The summed E-state index contributed by atoms with van der Waals surface area (Å²) in [5, 5.41) is 1.15. The van der Waals surface area contributed by atoms with Crippen molar-refractivity contribution in [2.75, 3.05) is 6.54 Å². The molecular weight excluding hydrogens is 248 g/mol. The Morgan fingerprint density at radius 1 is 1.32 bits per heavy atom. The minimum Gasteiger partial charge on any atom is -0.373 e. The van der Waals surface area contributed by atoms with Crippen molar-refractivity contribution in [3.8, 4) is 0 Å². The fourth-order valence-electron chi connectivity index (χ4n) is 1.54. The van der Waals surface area contributed by atoms with Gasteiger partial charge in [-0.15, -0.1) is 0 Å². The van der Waals surface area contributed by atoms with E-state index in [0.717, 1.165) is 11.4 Å². The van der Waals surface area contributed by atoms with Crippen LogP contribution in [0.5, 0.6) is 0 Å². The predicted octanol–water partition coefficient (Wildman–Crippen LogP) is 0.375. The molecule has 0 radical (unpaired) electrons. The maximum atomic E-state index is 11.8. The maximum Gasteiger partial charge on any atom is 0.324 e. The largest absolute Gasteiger partial charge is 0.373 e. The number of hydrogen-bond donors (Lipinski definition) is 2. The summed E-state index contributed by atoms with van der Waals surface area (Å²) in [4.78, 5) is 30.5. The number of pyridine rings is 1. The molecule has 1 aromatic rings. The molecule has 0 aliphatic heterocycles. The third-order valence-corrected chi connectivity index (χ3v) is 2.58. The number of nitrogens with two attached hydrogens (primary N) is 2. The summed E-state index contributed by atoms with van der Waals surface area (Å²) in [5.41, 5.74) is 0.455. The summed E-state index contributed by atoms with van der Waals surface area (Å²) in [5.74, 6) is 9.67. The SMILES string of the molecule is NOC(=O)CCCCCN(N)C(=O)c1cccnc1. The number of carbonyl (C=O) groups is 2. The van der Waals surface area contributed by atoms with Crippen LogP contribution in [0.3, 0.4) is 0 Å². The second-order valence-corrected chi connectivity index (χ2v) is 4.04. The van der Waals surface area contributed by atoms with Crippen molar-refractivity contribution in [2.45, 2.75) is 25.7 Å². The zero-order valence-corrected chi connectivity index (χ0v) is 10.6. The number of unbranched alkanes of at least 4 members (excludes halogenated alkanes) is 2. The van der Waals surface area contributed by atoms with Gasteiger partial charge in [-0.25, -0.2) is 5.84 Å². The molecule has 1 heterocycles. The summed E-state index contributed by atoms with van der Waals surface area (Å²) < 4.78 is 0. The Hall–Kier alpha value is -1.99. The van der Waals surface area contributed by atoms with Crippen molar-refractivity contribution in [2.24, 2.45) is 11.7 Å². The van der Waals surface area contributed by atoms with Crippen LogP contribution in [-0.2, 0) is 9.63 Å². The van der Waals surface area contributed by atoms with E-state index in [2.05, 4.69) is 9.82 Å². The Morgan fingerprint density at radius 3 is 2.74 bits per heavy atom. The van der Waals surface area contributed by atoms with Gasteiger partial charge in [0.05, 0.1) is 5.56 Å². The quantitative estimate of drug-likeness (QED) is 0.319. The number of hydrogen-bond acceptors (Lipinski definition) is 6. The van der Waals surface area contributed by atoms with E-state index in [1.54, 1.807) is 18.3 Å². The van der Waals surface area contributed by atoms with E-state index in [0.29, 0.717) is 24.9 Å². The molecule has 19 heavy (non-hydrogen) atoms. The molecule has 0 saturated carbocycles. The highest BCUT2D eigenvalue weighted by Gasteiger charge is 2.11. The van der Waals surface area contributed by atoms with E-state index in [-0.39, 0.29) is 12.3 Å². The molecule has 1 aromatic heterocycles. The Kier molecular flexibility index (Phi) is 6.48. The lowest BCUT2D eigenvalue weighted by atomic mass is 10.2. The van der Waals surface area contributed by atoms with Crippen LogP contribution in [0.1, 0.15) is 36.0 Å². The predicted molar refractivity (Wildman–Crippen MR) is 68.2 cm³/mol. The number of amides is 1. The maximum absolute atomic E-state index is 11.8. The first-order valence-electron chi connectivity index (χ1n) is 6.01. The normalized spacial score (nSPS) is 10.0. The molecule has 0 atom stereocenters. The minimum atomic E-state index is -0.434. The zero-order chi connectivity index (χ0) is 14.1. The van der Waals surface area contributed by atoms with Gasteiger partial charge in [-0.05, 0) is 25.0 Å². The minimum absolute atomic E-state index is 0.269. The van der Waals surface area contributed by atoms with Gasteiger partial charge in [-0.1, -0.05) is 6.42 Å². The third kappa shape index (κ3) is 5.45. The summed E-state index contributed by atoms with van der Waals surface area (Å²) in [7, 11) is 0. The Bertz CT molecular complexity index is 411. The molecule has 0 fully saturated rings. The van der Waals surface area contributed by atoms with Crippen LogP contribution in [0.2, 0.25) is 0 Å². The van der Waals surface area contributed by atoms with E-state index in [1.165, 1.54) is 6.20 Å². The van der Waals surface area contributed by atoms with E-state index in [4.69, 9.17) is 11.7 Å². The molecule has 0 aromatic carbocycles. The Morgan fingerprint density at radius 2 is 2.11 bits per heavy atom. The number of carbonyl (C=O) groups excluding carboxylic acids is 2. The highest BCUT2D eigenvalue weighted by Crippen LogP contribution is 2.04. The second-order valence-electron chi connectivity index (χ2n) is 4.04.